The highest BCUT2D eigenvalue weighted by molar-refractivity contribution is 7.45. The van der Waals surface area contributed by atoms with Crippen molar-refractivity contribution in [2.75, 3.05) is 0 Å². The molecule has 0 saturated heterocycles. The highest BCUT2D eigenvalue weighted by atomic mass is 31.2. The molecule has 1 aromatic carbocycles. The molecular weight excluding hydrogens is 253 g/mol. The molecule has 0 aliphatic heterocycles. The Kier molecular flexibility index (Phi) is 6.05. The monoisotopic (exact) mass is 271 g/mol. The Hall–Kier alpha value is -1.16. The number of alkyl carbamates (subject to hydrolysis) is 1. The average Bonchev–Trinajstić information content (AvgIpc) is 2.34. The summed E-state index contributed by atoms with van der Waals surface area (Å²) in [4.78, 5) is 29.8. The van der Waals surface area contributed by atoms with E-state index < -0.39 is 20.3 Å². The van der Waals surface area contributed by atoms with Gasteiger partial charge >= 0.3 is 6.09 Å². The van der Waals surface area contributed by atoms with Crippen LogP contribution in [0.15, 0.2) is 30.3 Å². The smallest absolute Gasteiger partial charge is 0.408 e. The number of amides is 1. The van der Waals surface area contributed by atoms with E-state index in [1.54, 1.807) is 13.8 Å². The van der Waals surface area contributed by atoms with Gasteiger partial charge < -0.3 is 19.8 Å². The van der Waals surface area contributed by atoms with Gasteiger partial charge in [-0.15, -0.1) is 0 Å². The minimum atomic E-state index is -2.21. The molecule has 3 N–H and O–H groups in total. The van der Waals surface area contributed by atoms with Crippen molar-refractivity contribution in [3.8, 4) is 0 Å². The van der Waals surface area contributed by atoms with Gasteiger partial charge in [-0.25, -0.2) is 4.79 Å². The number of rotatable bonds is 5. The van der Waals surface area contributed by atoms with Crippen molar-refractivity contribution in [3.63, 3.8) is 0 Å². The fourth-order valence-electron chi connectivity index (χ4n) is 1.38. The molecule has 0 aromatic heterocycles. The van der Waals surface area contributed by atoms with Crippen LogP contribution in [0.2, 0.25) is 0 Å². The zero-order chi connectivity index (χ0) is 13.5. The average molecular weight is 271 g/mol. The molecule has 100 valence electrons. The maximum Gasteiger partial charge on any atom is 0.408 e. The van der Waals surface area contributed by atoms with Crippen LogP contribution in [0.1, 0.15) is 19.4 Å². The molecule has 0 aliphatic carbocycles. The first-order chi connectivity index (χ1) is 8.50. The molecule has 0 saturated carbocycles. The van der Waals surface area contributed by atoms with E-state index in [1.807, 2.05) is 30.3 Å². The Labute approximate surface area is 108 Å². The summed E-state index contributed by atoms with van der Waals surface area (Å²) in [5.41, 5.74) is 0.879. The number of hydrogen-bond donors (Lipinski definition) is 3. The zero-order valence-electron chi connectivity index (χ0n) is 10.4. The van der Waals surface area contributed by atoms with E-state index in [4.69, 9.17) is 14.5 Å². The highest BCUT2D eigenvalue weighted by Crippen LogP contribution is 2.33. The molecule has 0 radical (unpaired) electrons. The van der Waals surface area contributed by atoms with E-state index in [0.717, 1.165) is 5.56 Å². The quantitative estimate of drug-likeness (QED) is 0.717. The van der Waals surface area contributed by atoms with Crippen molar-refractivity contribution in [2.45, 2.75) is 26.2 Å². The molecule has 18 heavy (non-hydrogen) atoms. The van der Waals surface area contributed by atoms with Crippen molar-refractivity contribution in [1.29, 1.82) is 0 Å². The number of ether oxygens (including phenoxy) is 1. The topological polar surface area (TPSA) is 78.8 Å². The van der Waals surface area contributed by atoms with Crippen LogP contribution in [0.5, 0.6) is 0 Å². The molecule has 5 nitrogen and oxygen atoms in total. The Morgan fingerprint density at radius 1 is 1.33 bits per heavy atom. The maximum atomic E-state index is 11.5. The third-order valence-corrected chi connectivity index (χ3v) is 3.58. The first kappa shape index (κ1) is 14.9. The van der Waals surface area contributed by atoms with Gasteiger partial charge in [0.1, 0.15) is 12.4 Å². The summed E-state index contributed by atoms with van der Waals surface area (Å²) in [6, 6.07) is 9.28. The highest BCUT2D eigenvalue weighted by Gasteiger charge is 2.24. The Balaban J connectivity index is 2.41. The molecular formula is C12H18NO4P. The van der Waals surface area contributed by atoms with E-state index in [-0.39, 0.29) is 12.5 Å². The van der Waals surface area contributed by atoms with Gasteiger partial charge in [0.25, 0.3) is 0 Å². The second-order valence-electron chi connectivity index (χ2n) is 4.22. The summed E-state index contributed by atoms with van der Waals surface area (Å²) in [6.45, 7) is 3.75. The van der Waals surface area contributed by atoms with Crippen molar-refractivity contribution in [2.24, 2.45) is 5.92 Å². The van der Waals surface area contributed by atoms with Crippen LogP contribution in [-0.2, 0) is 11.3 Å². The van der Waals surface area contributed by atoms with E-state index in [0.29, 0.717) is 0 Å². The fraction of sp³-hybridized carbons (Fsp3) is 0.417. The second kappa shape index (κ2) is 7.31. The van der Waals surface area contributed by atoms with Gasteiger partial charge in [0.05, 0.1) is 0 Å². The third kappa shape index (κ3) is 5.00. The summed E-state index contributed by atoms with van der Waals surface area (Å²) >= 11 is 0. The van der Waals surface area contributed by atoms with Crippen LogP contribution < -0.4 is 5.32 Å². The molecule has 1 amide bonds. The molecule has 1 rings (SSSR count). The van der Waals surface area contributed by atoms with Crippen LogP contribution in [-0.4, -0.2) is 21.7 Å². The van der Waals surface area contributed by atoms with Crippen molar-refractivity contribution >= 4 is 14.5 Å². The van der Waals surface area contributed by atoms with Gasteiger partial charge in [0.15, 0.2) is 8.38 Å². The molecule has 0 aliphatic rings. The first-order valence-corrected chi connectivity index (χ1v) is 6.96. The molecule has 0 fully saturated rings. The number of carbonyl (C=O) groups is 1. The zero-order valence-corrected chi connectivity index (χ0v) is 11.3. The van der Waals surface area contributed by atoms with E-state index in [2.05, 4.69) is 5.32 Å². The Morgan fingerprint density at radius 3 is 2.44 bits per heavy atom. The molecule has 0 spiro atoms. The van der Waals surface area contributed by atoms with Crippen molar-refractivity contribution < 1.29 is 19.3 Å². The van der Waals surface area contributed by atoms with Crippen molar-refractivity contribution in [3.05, 3.63) is 35.9 Å². The lowest BCUT2D eigenvalue weighted by Gasteiger charge is -2.22. The first-order valence-electron chi connectivity index (χ1n) is 5.65. The predicted molar refractivity (Wildman–Crippen MR) is 69.7 cm³/mol. The summed E-state index contributed by atoms with van der Waals surface area (Å²) < 4.78 is 5.00. The summed E-state index contributed by atoms with van der Waals surface area (Å²) in [5.74, 6) is -0.751. The number of hydrogen-bond acceptors (Lipinski definition) is 4. The largest absolute Gasteiger partial charge is 0.445 e. The minimum absolute atomic E-state index is 0.0737. The van der Waals surface area contributed by atoms with Gasteiger partial charge in [-0.1, -0.05) is 44.2 Å². The lowest BCUT2D eigenvalue weighted by atomic mass is 10.2. The van der Waals surface area contributed by atoms with E-state index >= 15 is 0 Å². The third-order valence-electron chi connectivity index (χ3n) is 2.36. The fourth-order valence-corrected chi connectivity index (χ4v) is 2.13. The van der Waals surface area contributed by atoms with Gasteiger partial charge in [-0.05, 0) is 11.5 Å². The Morgan fingerprint density at radius 2 is 1.94 bits per heavy atom. The molecule has 1 unspecified atom stereocenters. The minimum Gasteiger partial charge on any atom is -0.445 e. The van der Waals surface area contributed by atoms with Gasteiger partial charge in [0, 0.05) is 0 Å². The van der Waals surface area contributed by atoms with Crippen molar-refractivity contribution in [1.82, 2.24) is 5.32 Å². The molecule has 1 atom stereocenters. The lowest BCUT2D eigenvalue weighted by molar-refractivity contribution is 0.136. The number of benzene rings is 1. The molecule has 6 heteroatoms. The number of carbonyl (C=O) groups excluding carboxylic acids is 1. The van der Waals surface area contributed by atoms with Gasteiger partial charge in [-0.2, -0.15) is 0 Å². The van der Waals surface area contributed by atoms with Crippen LogP contribution in [0, 0.1) is 5.92 Å². The summed E-state index contributed by atoms with van der Waals surface area (Å²) in [6.07, 6.45) is -0.645. The second-order valence-corrected chi connectivity index (χ2v) is 5.41. The lowest BCUT2D eigenvalue weighted by Crippen LogP contribution is -2.37. The van der Waals surface area contributed by atoms with Crippen LogP contribution in [0.3, 0.4) is 0 Å². The standard InChI is InChI=1S/C12H18NO4P/c1-9(2)11(18(15)16)13-12(14)17-8-10-6-4-3-5-7-10/h3-7,9,11,15-16H,8H2,1-2H3,(H,13,14). The SMILES string of the molecule is CC(C)C(NC(=O)OCc1ccccc1)P(O)O. The summed E-state index contributed by atoms with van der Waals surface area (Å²) in [7, 11) is -2.21. The Bertz CT molecular complexity index is 362. The normalized spacial score (nSPS) is 12.6. The van der Waals surface area contributed by atoms with E-state index in [1.165, 1.54) is 0 Å². The maximum absolute atomic E-state index is 11.5. The predicted octanol–water partition coefficient (Wildman–Crippen LogP) is 2.19. The van der Waals surface area contributed by atoms with Crippen LogP contribution in [0.4, 0.5) is 4.79 Å². The molecule has 0 heterocycles. The molecule has 1 aromatic rings. The molecule has 0 bridgehead atoms. The van der Waals surface area contributed by atoms with Crippen LogP contribution in [0.25, 0.3) is 0 Å². The summed E-state index contributed by atoms with van der Waals surface area (Å²) in [5, 5.41) is 2.45. The van der Waals surface area contributed by atoms with Gasteiger partial charge in [0.2, 0.25) is 0 Å². The number of nitrogens with one attached hydrogen (secondary N) is 1. The van der Waals surface area contributed by atoms with Crippen LogP contribution >= 0.6 is 8.38 Å². The van der Waals surface area contributed by atoms with Gasteiger partial charge in [-0.3, -0.25) is 0 Å². The van der Waals surface area contributed by atoms with E-state index in [9.17, 15) is 4.79 Å².